The molecule has 0 unspecified atom stereocenters. The molecule has 35 heavy (non-hydrogen) atoms. The largest absolute Gasteiger partial charge is 0.493 e. The van der Waals surface area contributed by atoms with Crippen molar-refractivity contribution in [3.05, 3.63) is 102 Å². The molecule has 0 radical (unpaired) electrons. The lowest BCUT2D eigenvalue weighted by Gasteiger charge is -2.12. The third-order valence-corrected chi connectivity index (χ3v) is 5.08. The van der Waals surface area contributed by atoms with E-state index in [1.54, 1.807) is 75.2 Å². The van der Waals surface area contributed by atoms with E-state index in [1.165, 1.54) is 18.2 Å². The van der Waals surface area contributed by atoms with Crippen molar-refractivity contribution in [3.8, 4) is 11.5 Å². The van der Waals surface area contributed by atoms with Crippen LogP contribution in [0, 0.1) is 5.82 Å². The van der Waals surface area contributed by atoms with Crippen molar-refractivity contribution in [3.63, 3.8) is 0 Å². The number of ether oxygens (including phenoxy) is 2. The van der Waals surface area contributed by atoms with Crippen LogP contribution in [0.3, 0.4) is 0 Å². The van der Waals surface area contributed by atoms with Gasteiger partial charge in [0, 0.05) is 35.4 Å². The van der Waals surface area contributed by atoms with Crippen molar-refractivity contribution in [2.24, 2.45) is 0 Å². The summed E-state index contributed by atoms with van der Waals surface area (Å²) in [5.41, 5.74) is 2.47. The van der Waals surface area contributed by atoms with Crippen molar-refractivity contribution in [1.29, 1.82) is 0 Å². The van der Waals surface area contributed by atoms with Gasteiger partial charge in [0.15, 0.2) is 17.3 Å². The average molecular weight is 471 g/mol. The quantitative estimate of drug-likeness (QED) is 0.229. The van der Waals surface area contributed by atoms with Crippen LogP contribution in [0.5, 0.6) is 11.5 Å². The van der Waals surface area contributed by atoms with Crippen LogP contribution in [0.1, 0.15) is 15.9 Å². The van der Waals surface area contributed by atoms with Crippen LogP contribution in [0.2, 0.25) is 0 Å². The number of hydrogen-bond acceptors (Lipinski definition) is 7. The molecule has 0 aliphatic rings. The van der Waals surface area contributed by atoms with E-state index in [0.29, 0.717) is 39.9 Å². The predicted octanol–water partition coefficient (Wildman–Crippen LogP) is 6.02. The van der Waals surface area contributed by atoms with E-state index in [9.17, 15) is 9.18 Å². The topological polar surface area (TPSA) is 85.4 Å². The third kappa shape index (κ3) is 5.80. The summed E-state index contributed by atoms with van der Waals surface area (Å²) in [5, 5.41) is 6.31. The van der Waals surface area contributed by atoms with E-state index in [-0.39, 0.29) is 11.6 Å². The molecular formula is C27H23FN4O3. The Labute approximate surface area is 202 Å². The number of methoxy groups -OCH3 is 2. The zero-order valence-corrected chi connectivity index (χ0v) is 19.2. The lowest BCUT2D eigenvalue weighted by Crippen LogP contribution is -2.03. The molecule has 0 atom stereocenters. The number of allylic oxidation sites excluding steroid dienone is 1. The number of rotatable bonds is 9. The fourth-order valence-electron chi connectivity index (χ4n) is 3.34. The van der Waals surface area contributed by atoms with Gasteiger partial charge in [0.05, 0.1) is 19.8 Å². The van der Waals surface area contributed by atoms with Gasteiger partial charge in [-0.3, -0.25) is 4.79 Å². The first-order chi connectivity index (χ1) is 17.1. The molecular weight excluding hydrogens is 447 g/mol. The Kier molecular flexibility index (Phi) is 7.32. The summed E-state index contributed by atoms with van der Waals surface area (Å²) in [4.78, 5) is 21.7. The van der Waals surface area contributed by atoms with Gasteiger partial charge in [-0.1, -0.05) is 0 Å². The summed E-state index contributed by atoms with van der Waals surface area (Å²) in [7, 11) is 3.15. The zero-order chi connectivity index (χ0) is 24.6. The maximum absolute atomic E-state index is 13.2. The van der Waals surface area contributed by atoms with Crippen LogP contribution in [0.4, 0.5) is 27.4 Å². The average Bonchev–Trinajstić information content (AvgIpc) is 2.89. The second-order valence-electron chi connectivity index (χ2n) is 7.37. The Bertz CT molecular complexity index is 1360. The SMILES string of the molecule is COc1ccc(Nc2ncccc2C=CC(=O)c2cccnc2Nc2ccc(F)cc2)cc1OC. The molecule has 0 saturated carbocycles. The molecule has 0 aliphatic carbocycles. The summed E-state index contributed by atoms with van der Waals surface area (Å²) in [6.07, 6.45) is 6.39. The molecule has 2 heterocycles. The summed E-state index contributed by atoms with van der Waals surface area (Å²) in [6, 6.07) is 18.3. The molecule has 8 heteroatoms. The Balaban J connectivity index is 1.55. The molecule has 2 aromatic carbocycles. The number of hydrogen-bond donors (Lipinski definition) is 2. The minimum absolute atomic E-state index is 0.247. The van der Waals surface area contributed by atoms with Gasteiger partial charge in [-0.05, 0) is 72.8 Å². The third-order valence-electron chi connectivity index (χ3n) is 5.08. The number of halogens is 1. The maximum atomic E-state index is 13.2. The highest BCUT2D eigenvalue weighted by Crippen LogP contribution is 2.31. The van der Waals surface area contributed by atoms with Gasteiger partial charge in [0.1, 0.15) is 17.5 Å². The Morgan fingerprint density at radius 3 is 2.23 bits per heavy atom. The van der Waals surface area contributed by atoms with E-state index in [0.717, 1.165) is 5.69 Å². The summed E-state index contributed by atoms with van der Waals surface area (Å²) < 4.78 is 23.8. The van der Waals surface area contributed by atoms with Crippen LogP contribution >= 0.6 is 0 Å². The van der Waals surface area contributed by atoms with Gasteiger partial charge in [0.2, 0.25) is 0 Å². The lowest BCUT2D eigenvalue weighted by atomic mass is 10.1. The second-order valence-corrected chi connectivity index (χ2v) is 7.37. The predicted molar refractivity (Wildman–Crippen MR) is 134 cm³/mol. The van der Waals surface area contributed by atoms with Crippen molar-refractivity contribution >= 4 is 34.9 Å². The van der Waals surface area contributed by atoms with Gasteiger partial charge in [-0.15, -0.1) is 0 Å². The number of nitrogens with zero attached hydrogens (tertiary/aromatic N) is 2. The zero-order valence-electron chi connectivity index (χ0n) is 19.2. The summed E-state index contributed by atoms with van der Waals surface area (Å²) in [5.74, 6) is 1.56. The number of carbonyl (C=O) groups is 1. The number of aromatic nitrogens is 2. The molecule has 2 aromatic heterocycles. The number of nitrogens with one attached hydrogen (secondary N) is 2. The minimum Gasteiger partial charge on any atom is -0.493 e. The van der Waals surface area contributed by atoms with Crippen molar-refractivity contribution < 1.29 is 18.7 Å². The number of benzene rings is 2. The molecule has 0 bridgehead atoms. The number of pyridine rings is 2. The Morgan fingerprint density at radius 2 is 1.49 bits per heavy atom. The highest BCUT2D eigenvalue weighted by Gasteiger charge is 2.11. The molecule has 4 rings (SSSR count). The molecule has 0 saturated heterocycles. The van der Waals surface area contributed by atoms with Gasteiger partial charge in [0.25, 0.3) is 0 Å². The summed E-state index contributed by atoms with van der Waals surface area (Å²) >= 11 is 0. The van der Waals surface area contributed by atoms with Crippen LogP contribution in [-0.2, 0) is 0 Å². The second kappa shape index (κ2) is 10.9. The maximum Gasteiger partial charge on any atom is 0.189 e. The first-order valence-corrected chi connectivity index (χ1v) is 10.7. The number of ketones is 1. The first kappa shape index (κ1) is 23.4. The number of carbonyl (C=O) groups excluding carboxylic acids is 1. The molecule has 4 aromatic rings. The Hall–Kier alpha value is -4.72. The fraction of sp³-hybridized carbons (Fsp3) is 0.0741. The molecule has 0 spiro atoms. The monoisotopic (exact) mass is 470 g/mol. The van der Waals surface area contributed by atoms with Gasteiger partial charge < -0.3 is 20.1 Å². The van der Waals surface area contributed by atoms with Gasteiger partial charge in [-0.25, -0.2) is 14.4 Å². The van der Waals surface area contributed by atoms with E-state index in [1.807, 2.05) is 12.1 Å². The van der Waals surface area contributed by atoms with Gasteiger partial charge in [-0.2, -0.15) is 0 Å². The molecule has 2 N–H and O–H groups in total. The van der Waals surface area contributed by atoms with Crippen molar-refractivity contribution in [1.82, 2.24) is 9.97 Å². The molecule has 0 aliphatic heterocycles. The first-order valence-electron chi connectivity index (χ1n) is 10.7. The highest BCUT2D eigenvalue weighted by molar-refractivity contribution is 6.10. The van der Waals surface area contributed by atoms with E-state index in [2.05, 4.69) is 20.6 Å². The standard InChI is InChI=1S/C27H23FN4O3/c1-34-24-14-12-21(17-25(24)35-2)32-26-18(5-3-15-29-26)7-13-23(33)22-6-4-16-30-27(22)31-20-10-8-19(28)9-11-20/h3-17H,1-2H3,(H,29,32)(H,30,31). The van der Waals surface area contributed by atoms with E-state index < -0.39 is 0 Å². The van der Waals surface area contributed by atoms with Crippen LogP contribution < -0.4 is 20.1 Å². The molecule has 176 valence electrons. The smallest absolute Gasteiger partial charge is 0.189 e. The number of anilines is 4. The van der Waals surface area contributed by atoms with E-state index in [4.69, 9.17) is 9.47 Å². The van der Waals surface area contributed by atoms with Crippen molar-refractivity contribution in [2.75, 3.05) is 24.9 Å². The molecule has 7 nitrogen and oxygen atoms in total. The molecule has 0 fully saturated rings. The fourth-order valence-corrected chi connectivity index (χ4v) is 3.34. The normalized spacial score (nSPS) is 10.7. The Morgan fingerprint density at radius 1 is 0.829 bits per heavy atom. The van der Waals surface area contributed by atoms with Gasteiger partial charge >= 0.3 is 0 Å². The highest BCUT2D eigenvalue weighted by atomic mass is 19.1. The minimum atomic E-state index is -0.343. The lowest BCUT2D eigenvalue weighted by molar-refractivity contribution is 0.104. The van der Waals surface area contributed by atoms with Crippen molar-refractivity contribution in [2.45, 2.75) is 0 Å². The molecule has 0 amide bonds. The van der Waals surface area contributed by atoms with Crippen LogP contribution in [-0.4, -0.2) is 30.0 Å². The summed E-state index contributed by atoms with van der Waals surface area (Å²) in [6.45, 7) is 0. The van der Waals surface area contributed by atoms with Crippen LogP contribution in [0.25, 0.3) is 6.08 Å². The van der Waals surface area contributed by atoms with E-state index >= 15 is 0 Å². The van der Waals surface area contributed by atoms with Crippen LogP contribution in [0.15, 0.2) is 85.2 Å².